The Labute approximate surface area is 133 Å². The van der Waals surface area contributed by atoms with E-state index in [0.717, 1.165) is 32.1 Å². The van der Waals surface area contributed by atoms with Crippen LogP contribution in [0.15, 0.2) is 24.3 Å². The summed E-state index contributed by atoms with van der Waals surface area (Å²) >= 11 is 0. The molecule has 1 amide bonds. The first-order valence-corrected chi connectivity index (χ1v) is 8.63. The summed E-state index contributed by atoms with van der Waals surface area (Å²) in [7, 11) is 0. The van der Waals surface area contributed by atoms with Crippen LogP contribution in [0.25, 0.3) is 0 Å². The molecule has 3 heteroatoms. The van der Waals surface area contributed by atoms with E-state index in [1.54, 1.807) is 0 Å². The summed E-state index contributed by atoms with van der Waals surface area (Å²) in [5.41, 5.74) is 8.71. The third kappa shape index (κ3) is 2.79. The fraction of sp³-hybridized carbons (Fsp3) is 0.632. The molecular formula is C19H28N2O. The molecule has 0 spiro atoms. The van der Waals surface area contributed by atoms with E-state index < -0.39 is 0 Å². The van der Waals surface area contributed by atoms with Gasteiger partial charge in [-0.15, -0.1) is 0 Å². The lowest BCUT2D eigenvalue weighted by Crippen LogP contribution is -2.40. The van der Waals surface area contributed by atoms with Crippen molar-refractivity contribution in [3.05, 3.63) is 35.4 Å². The Bertz CT molecular complexity index is 552. The highest BCUT2D eigenvalue weighted by Gasteiger charge is 2.36. The van der Waals surface area contributed by atoms with Gasteiger partial charge in [-0.3, -0.25) is 4.79 Å². The predicted molar refractivity (Wildman–Crippen MR) is 89.5 cm³/mol. The second-order valence-electron chi connectivity index (χ2n) is 7.60. The fourth-order valence-corrected chi connectivity index (χ4v) is 4.31. The van der Waals surface area contributed by atoms with Crippen LogP contribution in [-0.4, -0.2) is 12.5 Å². The molecule has 1 saturated carbocycles. The lowest BCUT2D eigenvalue weighted by Gasteiger charge is -2.38. The Kier molecular flexibility index (Phi) is 4.26. The number of carbonyl (C=O) groups is 1. The zero-order valence-electron chi connectivity index (χ0n) is 13.8. The summed E-state index contributed by atoms with van der Waals surface area (Å²) in [6.07, 6.45) is 5.36. The van der Waals surface area contributed by atoms with Crippen LogP contribution in [0.5, 0.6) is 0 Å². The molecule has 0 saturated heterocycles. The molecule has 2 aliphatic rings. The quantitative estimate of drug-likeness (QED) is 0.900. The molecule has 3 N–H and O–H groups in total. The second-order valence-corrected chi connectivity index (χ2v) is 7.60. The molecule has 0 bridgehead atoms. The van der Waals surface area contributed by atoms with Gasteiger partial charge in [-0.2, -0.15) is 0 Å². The molecule has 1 aromatic carbocycles. The zero-order valence-corrected chi connectivity index (χ0v) is 13.8. The van der Waals surface area contributed by atoms with Gasteiger partial charge in [0.05, 0.1) is 6.04 Å². The Balaban J connectivity index is 1.77. The molecule has 1 aromatic rings. The van der Waals surface area contributed by atoms with Gasteiger partial charge < -0.3 is 11.1 Å². The molecular weight excluding hydrogens is 272 g/mol. The first kappa shape index (κ1) is 15.5. The van der Waals surface area contributed by atoms with E-state index in [2.05, 4.69) is 43.4 Å². The standard InChI is InChI=1S/C19H28N2O/c1-19(2)11-10-17(15-7-3-4-9-16(15)19)21-18(22)14-8-5-6-13(14)12-20/h3-4,7,9,13-14,17H,5-6,8,10-12,20H2,1-2H3,(H,21,22)/t13-,14-,17?/m1/s1. The zero-order chi connectivity index (χ0) is 15.7. The van der Waals surface area contributed by atoms with Crippen molar-refractivity contribution in [3.8, 4) is 0 Å². The van der Waals surface area contributed by atoms with Crippen molar-refractivity contribution in [2.24, 2.45) is 17.6 Å². The van der Waals surface area contributed by atoms with Gasteiger partial charge in [0, 0.05) is 5.92 Å². The van der Waals surface area contributed by atoms with Crippen molar-refractivity contribution in [1.29, 1.82) is 0 Å². The van der Waals surface area contributed by atoms with Gasteiger partial charge in [-0.1, -0.05) is 44.5 Å². The largest absolute Gasteiger partial charge is 0.349 e. The highest BCUT2D eigenvalue weighted by atomic mass is 16.2. The summed E-state index contributed by atoms with van der Waals surface area (Å²) in [4.78, 5) is 12.7. The molecule has 1 fully saturated rings. The summed E-state index contributed by atoms with van der Waals surface area (Å²) < 4.78 is 0. The van der Waals surface area contributed by atoms with Crippen LogP contribution in [0.4, 0.5) is 0 Å². The lowest BCUT2D eigenvalue weighted by atomic mass is 9.71. The topological polar surface area (TPSA) is 55.1 Å². The smallest absolute Gasteiger partial charge is 0.223 e. The van der Waals surface area contributed by atoms with Crippen LogP contribution >= 0.6 is 0 Å². The van der Waals surface area contributed by atoms with Crippen LogP contribution in [0.3, 0.4) is 0 Å². The number of carbonyl (C=O) groups excluding carboxylic acids is 1. The summed E-state index contributed by atoms with van der Waals surface area (Å²) in [5, 5.41) is 3.32. The summed E-state index contributed by atoms with van der Waals surface area (Å²) in [5.74, 6) is 0.704. The molecule has 3 atom stereocenters. The molecule has 1 unspecified atom stereocenters. The van der Waals surface area contributed by atoms with Crippen molar-refractivity contribution >= 4 is 5.91 Å². The fourth-order valence-electron chi connectivity index (χ4n) is 4.31. The minimum absolute atomic E-state index is 0.118. The summed E-state index contributed by atoms with van der Waals surface area (Å²) in [6, 6.07) is 8.74. The Morgan fingerprint density at radius 2 is 2.05 bits per heavy atom. The van der Waals surface area contributed by atoms with Crippen LogP contribution in [0, 0.1) is 11.8 Å². The van der Waals surface area contributed by atoms with Gasteiger partial charge in [0.25, 0.3) is 0 Å². The van der Waals surface area contributed by atoms with Crippen molar-refractivity contribution in [2.45, 2.75) is 57.4 Å². The molecule has 0 heterocycles. The van der Waals surface area contributed by atoms with Crippen molar-refractivity contribution in [1.82, 2.24) is 5.32 Å². The maximum absolute atomic E-state index is 12.7. The number of benzene rings is 1. The van der Waals surface area contributed by atoms with E-state index in [1.165, 1.54) is 11.1 Å². The summed E-state index contributed by atoms with van der Waals surface area (Å²) in [6.45, 7) is 5.23. The van der Waals surface area contributed by atoms with Crippen molar-refractivity contribution in [2.75, 3.05) is 6.54 Å². The molecule has 22 heavy (non-hydrogen) atoms. The van der Waals surface area contributed by atoms with E-state index in [-0.39, 0.29) is 23.3 Å². The molecule has 3 nitrogen and oxygen atoms in total. The average molecular weight is 300 g/mol. The number of hydrogen-bond acceptors (Lipinski definition) is 2. The van der Waals surface area contributed by atoms with Crippen molar-refractivity contribution in [3.63, 3.8) is 0 Å². The van der Waals surface area contributed by atoms with E-state index in [0.29, 0.717) is 12.5 Å². The molecule has 2 aliphatic carbocycles. The number of fused-ring (bicyclic) bond motifs is 1. The van der Waals surface area contributed by atoms with Crippen LogP contribution < -0.4 is 11.1 Å². The number of hydrogen-bond donors (Lipinski definition) is 2. The average Bonchev–Trinajstić information content (AvgIpc) is 2.99. The van der Waals surface area contributed by atoms with Crippen molar-refractivity contribution < 1.29 is 4.79 Å². The number of nitrogens with two attached hydrogens (primary N) is 1. The van der Waals surface area contributed by atoms with Gasteiger partial charge >= 0.3 is 0 Å². The SMILES string of the molecule is CC1(C)CCC(NC(=O)[C@@H]2CCC[C@@H]2CN)c2ccccc21. The molecule has 0 aliphatic heterocycles. The molecule has 3 rings (SSSR count). The van der Waals surface area contributed by atoms with Crippen LogP contribution in [-0.2, 0) is 10.2 Å². The molecule has 120 valence electrons. The second kappa shape index (κ2) is 6.04. The number of rotatable bonds is 3. The van der Waals surface area contributed by atoms with Crippen LogP contribution in [0.2, 0.25) is 0 Å². The highest BCUT2D eigenvalue weighted by Crippen LogP contribution is 2.41. The third-order valence-corrected chi connectivity index (χ3v) is 5.74. The monoisotopic (exact) mass is 300 g/mol. The van der Waals surface area contributed by atoms with Gasteiger partial charge in [0.2, 0.25) is 5.91 Å². The first-order valence-electron chi connectivity index (χ1n) is 8.63. The first-order chi connectivity index (χ1) is 10.5. The van der Waals surface area contributed by atoms with Gasteiger partial charge in [0.15, 0.2) is 0 Å². The van der Waals surface area contributed by atoms with E-state index >= 15 is 0 Å². The van der Waals surface area contributed by atoms with E-state index in [9.17, 15) is 4.79 Å². The van der Waals surface area contributed by atoms with Gasteiger partial charge in [-0.05, 0) is 54.7 Å². The Morgan fingerprint density at radius 1 is 1.27 bits per heavy atom. The minimum atomic E-state index is 0.118. The maximum atomic E-state index is 12.7. The Hall–Kier alpha value is -1.35. The Morgan fingerprint density at radius 3 is 2.82 bits per heavy atom. The van der Waals surface area contributed by atoms with E-state index in [4.69, 9.17) is 5.73 Å². The number of nitrogens with one attached hydrogen (secondary N) is 1. The molecule has 0 aromatic heterocycles. The predicted octanol–water partition coefficient (Wildman–Crippen LogP) is 3.29. The van der Waals surface area contributed by atoms with Crippen LogP contribution in [0.1, 0.15) is 63.1 Å². The molecule has 0 radical (unpaired) electrons. The number of amides is 1. The third-order valence-electron chi connectivity index (χ3n) is 5.74. The maximum Gasteiger partial charge on any atom is 0.223 e. The van der Waals surface area contributed by atoms with E-state index in [1.807, 2.05) is 0 Å². The minimum Gasteiger partial charge on any atom is -0.349 e. The highest BCUT2D eigenvalue weighted by molar-refractivity contribution is 5.80. The lowest BCUT2D eigenvalue weighted by molar-refractivity contribution is -0.126. The van der Waals surface area contributed by atoms with Gasteiger partial charge in [-0.25, -0.2) is 0 Å². The van der Waals surface area contributed by atoms with Gasteiger partial charge in [0.1, 0.15) is 0 Å². The normalized spacial score (nSPS) is 29.9.